The van der Waals surface area contributed by atoms with Gasteiger partial charge in [0.25, 0.3) is 0 Å². The maximum Gasteiger partial charge on any atom is 0.336 e. The molecular weight excluding hydrogens is 297 g/mol. The molecule has 3 nitrogen and oxygen atoms in total. The SMILES string of the molecule is Cc1c(NCc2cc(Cl)ccc2Cl)cccc1C(=O)O. The van der Waals surface area contributed by atoms with Gasteiger partial charge in [0.1, 0.15) is 0 Å². The molecule has 0 fully saturated rings. The average Bonchev–Trinajstić information content (AvgIpc) is 2.41. The van der Waals surface area contributed by atoms with E-state index in [1.54, 1.807) is 37.3 Å². The number of benzene rings is 2. The van der Waals surface area contributed by atoms with Crippen molar-refractivity contribution in [2.45, 2.75) is 13.5 Å². The highest BCUT2D eigenvalue weighted by atomic mass is 35.5. The van der Waals surface area contributed by atoms with Gasteiger partial charge in [-0.15, -0.1) is 0 Å². The summed E-state index contributed by atoms with van der Waals surface area (Å²) in [7, 11) is 0. The molecular formula is C15H13Cl2NO2. The van der Waals surface area contributed by atoms with E-state index in [1.165, 1.54) is 0 Å². The zero-order chi connectivity index (χ0) is 14.7. The van der Waals surface area contributed by atoms with Crippen LogP contribution in [0.3, 0.4) is 0 Å². The maximum atomic E-state index is 11.1. The van der Waals surface area contributed by atoms with Gasteiger partial charge in [-0.2, -0.15) is 0 Å². The van der Waals surface area contributed by atoms with Crippen molar-refractivity contribution >= 4 is 34.9 Å². The highest BCUT2D eigenvalue weighted by Crippen LogP contribution is 2.24. The Balaban J connectivity index is 2.21. The number of hydrogen-bond donors (Lipinski definition) is 2. The van der Waals surface area contributed by atoms with Crippen molar-refractivity contribution < 1.29 is 9.90 Å². The molecule has 0 unspecified atom stereocenters. The van der Waals surface area contributed by atoms with E-state index in [9.17, 15) is 4.79 Å². The molecule has 104 valence electrons. The minimum Gasteiger partial charge on any atom is -0.478 e. The van der Waals surface area contributed by atoms with Crippen molar-refractivity contribution in [2.75, 3.05) is 5.32 Å². The summed E-state index contributed by atoms with van der Waals surface area (Å²) < 4.78 is 0. The summed E-state index contributed by atoms with van der Waals surface area (Å²) in [6.45, 7) is 2.24. The van der Waals surface area contributed by atoms with Gasteiger partial charge in [0.15, 0.2) is 0 Å². The Labute approximate surface area is 127 Å². The molecule has 0 spiro atoms. The minimum atomic E-state index is -0.938. The number of carbonyl (C=O) groups is 1. The van der Waals surface area contributed by atoms with E-state index in [0.29, 0.717) is 22.2 Å². The lowest BCUT2D eigenvalue weighted by molar-refractivity contribution is 0.0696. The number of nitrogens with one attached hydrogen (secondary N) is 1. The minimum absolute atomic E-state index is 0.284. The molecule has 0 aliphatic carbocycles. The van der Waals surface area contributed by atoms with E-state index in [0.717, 1.165) is 11.3 Å². The lowest BCUT2D eigenvalue weighted by Crippen LogP contribution is -2.06. The van der Waals surface area contributed by atoms with Crippen LogP contribution in [0.2, 0.25) is 10.0 Å². The fourth-order valence-corrected chi connectivity index (χ4v) is 2.31. The normalized spacial score (nSPS) is 10.3. The molecule has 20 heavy (non-hydrogen) atoms. The Morgan fingerprint density at radius 3 is 2.70 bits per heavy atom. The van der Waals surface area contributed by atoms with Gasteiger partial charge >= 0.3 is 5.97 Å². The lowest BCUT2D eigenvalue weighted by atomic mass is 10.1. The summed E-state index contributed by atoms with van der Waals surface area (Å²) in [5, 5.41) is 13.5. The predicted molar refractivity (Wildman–Crippen MR) is 81.9 cm³/mol. The zero-order valence-electron chi connectivity index (χ0n) is 10.8. The van der Waals surface area contributed by atoms with Crippen LogP contribution in [0.5, 0.6) is 0 Å². The summed E-state index contributed by atoms with van der Waals surface area (Å²) in [4.78, 5) is 11.1. The van der Waals surface area contributed by atoms with Gasteiger partial charge in [-0.1, -0.05) is 29.3 Å². The first kappa shape index (κ1) is 14.7. The fraction of sp³-hybridized carbons (Fsp3) is 0.133. The molecule has 2 rings (SSSR count). The second-order valence-corrected chi connectivity index (χ2v) is 5.22. The number of halogens is 2. The molecule has 5 heteroatoms. The third-order valence-corrected chi connectivity index (χ3v) is 3.65. The molecule has 0 saturated carbocycles. The van der Waals surface area contributed by atoms with E-state index in [4.69, 9.17) is 28.3 Å². The van der Waals surface area contributed by atoms with Gasteiger partial charge in [-0.3, -0.25) is 0 Å². The molecule has 2 aromatic carbocycles. The first-order valence-corrected chi connectivity index (χ1v) is 6.75. The van der Waals surface area contributed by atoms with Crippen molar-refractivity contribution in [2.24, 2.45) is 0 Å². The number of aromatic carboxylic acids is 1. The molecule has 0 bridgehead atoms. The summed E-state index contributed by atoms with van der Waals surface area (Å²) in [6.07, 6.45) is 0. The van der Waals surface area contributed by atoms with Gasteiger partial charge in [-0.05, 0) is 48.4 Å². The third kappa shape index (κ3) is 3.24. The van der Waals surface area contributed by atoms with Crippen molar-refractivity contribution in [1.82, 2.24) is 0 Å². The second kappa shape index (κ2) is 6.16. The van der Waals surface area contributed by atoms with E-state index in [1.807, 2.05) is 6.07 Å². The van der Waals surface area contributed by atoms with E-state index in [-0.39, 0.29) is 5.56 Å². The van der Waals surface area contributed by atoms with E-state index < -0.39 is 5.97 Å². The molecule has 0 aliphatic rings. The largest absolute Gasteiger partial charge is 0.478 e. The second-order valence-electron chi connectivity index (χ2n) is 4.37. The van der Waals surface area contributed by atoms with Crippen molar-refractivity contribution in [3.8, 4) is 0 Å². The monoisotopic (exact) mass is 309 g/mol. The first-order chi connectivity index (χ1) is 9.49. The smallest absolute Gasteiger partial charge is 0.336 e. The van der Waals surface area contributed by atoms with Crippen LogP contribution < -0.4 is 5.32 Å². The van der Waals surface area contributed by atoms with Crippen LogP contribution in [0.1, 0.15) is 21.5 Å². The molecule has 0 saturated heterocycles. The van der Waals surface area contributed by atoms with Crippen LogP contribution >= 0.6 is 23.2 Å². The quantitative estimate of drug-likeness (QED) is 0.867. The van der Waals surface area contributed by atoms with E-state index in [2.05, 4.69) is 5.32 Å². The molecule has 2 N–H and O–H groups in total. The highest BCUT2D eigenvalue weighted by molar-refractivity contribution is 6.33. The number of carboxylic acid groups (broad SMARTS) is 1. The van der Waals surface area contributed by atoms with E-state index >= 15 is 0 Å². The molecule has 0 radical (unpaired) electrons. The average molecular weight is 310 g/mol. The number of anilines is 1. The summed E-state index contributed by atoms with van der Waals surface area (Å²) in [5.74, 6) is -0.938. The summed E-state index contributed by atoms with van der Waals surface area (Å²) in [5.41, 5.74) is 2.60. The Hall–Kier alpha value is -1.71. The Kier molecular flexibility index (Phi) is 4.53. The molecule has 0 amide bonds. The van der Waals surface area contributed by atoms with Gasteiger partial charge in [0.05, 0.1) is 5.56 Å². The van der Waals surface area contributed by atoms with Crippen LogP contribution in [0, 0.1) is 6.92 Å². The van der Waals surface area contributed by atoms with Crippen LogP contribution in [-0.4, -0.2) is 11.1 Å². The van der Waals surface area contributed by atoms with Gasteiger partial charge in [0, 0.05) is 22.3 Å². The lowest BCUT2D eigenvalue weighted by Gasteiger charge is -2.12. The van der Waals surface area contributed by atoms with Crippen LogP contribution in [0.4, 0.5) is 5.69 Å². The standard InChI is InChI=1S/C15H13Cl2NO2/c1-9-12(15(19)20)3-2-4-14(9)18-8-10-7-11(16)5-6-13(10)17/h2-7,18H,8H2,1H3,(H,19,20). The fourth-order valence-electron chi connectivity index (χ4n) is 1.93. The topological polar surface area (TPSA) is 49.3 Å². The molecule has 0 aromatic heterocycles. The molecule has 0 aliphatic heterocycles. The highest BCUT2D eigenvalue weighted by Gasteiger charge is 2.10. The Morgan fingerprint density at radius 1 is 1.25 bits per heavy atom. The summed E-state index contributed by atoms with van der Waals surface area (Å²) in [6, 6.07) is 10.4. The zero-order valence-corrected chi connectivity index (χ0v) is 12.3. The maximum absolute atomic E-state index is 11.1. The van der Waals surface area contributed by atoms with Crippen LogP contribution in [-0.2, 0) is 6.54 Å². The molecule has 0 heterocycles. The van der Waals surface area contributed by atoms with Crippen molar-refractivity contribution in [3.05, 3.63) is 63.1 Å². The van der Waals surface area contributed by atoms with Gasteiger partial charge in [-0.25, -0.2) is 4.79 Å². The Morgan fingerprint density at radius 2 is 2.00 bits per heavy atom. The van der Waals surface area contributed by atoms with Crippen molar-refractivity contribution in [1.29, 1.82) is 0 Å². The number of hydrogen-bond acceptors (Lipinski definition) is 2. The molecule has 2 aromatic rings. The summed E-state index contributed by atoms with van der Waals surface area (Å²) >= 11 is 12.0. The third-order valence-electron chi connectivity index (χ3n) is 3.04. The van der Waals surface area contributed by atoms with Crippen LogP contribution in [0.25, 0.3) is 0 Å². The first-order valence-electron chi connectivity index (χ1n) is 5.99. The van der Waals surface area contributed by atoms with Gasteiger partial charge < -0.3 is 10.4 Å². The molecule has 0 atom stereocenters. The van der Waals surface area contributed by atoms with Crippen molar-refractivity contribution in [3.63, 3.8) is 0 Å². The van der Waals surface area contributed by atoms with Gasteiger partial charge in [0.2, 0.25) is 0 Å². The number of carboxylic acids is 1. The predicted octanol–water partition coefficient (Wildman–Crippen LogP) is 4.61. The Bertz CT molecular complexity index is 656. The van der Waals surface area contributed by atoms with Crippen LogP contribution in [0.15, 0.2) is 36.4 Å². The number of rotatable bonds is 4.